The maximum Gasteiger partial charge on any atom is 0.160 e. The highest BCUT2D eigenvalue weighted by Gasteiger charge is 2.09. The molecule has 0 bridgehead atoms. The van der Waals surface area contributed by atoms with Gasteiger partial charge in [-0.05, 0) is 38.1 Å². The molecule has 0 radical (unpaired) electrons. The normalized spacial score (nSPS) is 10.5. The minimum Gasteiger partial charge on any atom is -0.364 e. The van der Waals surface area contributed by atoms with E-state index >= 15 is 0 Å². The number of hydrogen-bond acceptors (Lipinski definition) is 4. The lowest BCUT2D eigenvalue weighted by Gasteiger charge is -2.17. The summed E-state index contributed by atoms with van der Waals surface area (Å²) in [6.07, 6.45) is 0.910. The summed E-state index contributed by atoms with van der Waals surface area (Å²) in [5.41, 5.74) is 0. The largest absolute Gasteiger partial charge is 0.364 e. The number of carbonyl (C=O) groups is 1. The van der Waals surface area contributed by atoms with Gasteiger partial charge in [0.05, 0.1) is 9.88 Å². The predicted molar refractivity (Wildman–Crippen MR) is 76.6 cm³/mol. The standard InChI is InChI=1S/C13H15NOS2/c1-3-14(4-2)13-8-7-12(17-13)11-6-5-10(9-15)16-11/h5-9H,3-4H2,1-2H3. The minimum atomic E-state index is 0.790. The SMILES string of the molecule is CCN(CC)c1ccc(-c2ccc(C=O)s2)s1. The molecule has 2 nitrogen and oxygen atoms in total. The average molecular weight is 265 g/mol. The number of aldehydes is 1. The molecule has 0 unspecified atom stereocenters. The second-order valence-corrected chi connectivity index (χ2v) is 5.81. The summed E-state index contributed by atoms with van der Waals surface area (Å²) in [5, 5.41) is 1.30. The summed E-state index contributed by atoms with van der Waals surface area (Å²) in [6, 6.07) is 8.20. The first-order chi connectivity index (χ1) is 8.28. The lowest BCUT2D eigenvalue weighted by Crippen LogP contribution is -2.20. The van der Waals surface area contributed by atoms with Crippen LogP contribution in [0.15, 0.2) is 24.3 Å². The zero-order chi connectivity index (χ0) is 12.3. The van der Waals surface area contributed by atoms with E-state index in [1.165, 1.54) is 14.8 Å². The van der Waals surface area contributed by atoms with Crippen molar-refractivity contribution in [3.05, 3.63) is 29.1 Å². The van der Waals surface area contributed by atoms with Crippen molar-refractivity contribution in [1.82, 2.24) is 0 Å². The Balaban J connectivity index is 2.25. The molecule has 0 aliphatic rings. The third-order valence-corrected chi connectivity index (χ3v) is 5.01. The Kier molecular flexibility index (Phi) is 3.97. The summed E-state index contributed by atoms with van der Waals surface area (Å²) < 4.78 is 0. The molecule has 0 aliphatic heterocycles. The van der Waals surface area contributed by atoms with Crippen molar-refractivity contribution in [3.8, 4) is 9.75 Å². The molecule has 0 N–H and O–H groups in total. The minimum absolute atomic E-state index is 0.790. The molecule has 0 fully saturated rings. The third-order valence-electron chi connectivity index (χ3n) is 2.65. The van der Waals surface area contributed by atoms with Crippen molar-refractivity contribution in [2.24, 2.45) is 0 Å². The van der Waals surface area contributed by atoms with Gasteiger partial charge in [-0.1, -0.05) is 0 Å². The number of rotatable bonds is 5. The smallest absolute Gasteiger partial charge is 0.160 e. The van der Waals surface area contributed by atoms with Gasteiger partial charge >= 0.3 is 0 Å². The van der Waals surface area contributed by atoms with E-state index in [1.807, 2.05) is 12.1 Å². The molecule has 0 spiro atoms. The van der Waals surface area contributed by atoms with Gasteiger partial charge in [0.15, 0.2) is 6.29 Å². The van der Waals surface area contributed by atoms with E-state index in [1.54, 1.807) is 22.7 Å². The molecule has 0 saturated carbocycles. The van der Waals surface area contributed by atoms with Crippen LogP contribution in [0.4, 0.5) is 5.00 Å². The summed E-state index contributed by atoms with van der Waals surface area (Å²) in [6.45, 7) is 6.39. The van der Waals surface area contributed by atoms with E-state index in [2.05, 4.69) is 30.9 Å². The lowest BCUT2D eigenvalue weighted by atomic mass is 10.3. The van der Waals surface area contributed by atoms with E-state index in [0.717, 1.165) is 24.3 Å². The van der Waals surface area contributed by atoms with Crippen LogP contribution in [0.2, 0.25) is 0 Å². The van der Waals surface area contributed by atoms with Crippen LogP contribution in [-0.2, 0) is 0 Å². The highest BCUT2D eigenvalue weighted by atomic mass is 32.1. The van der Waals surface area contributed by atoms with E-state index in [-0.39, 0.29) is 0 Å². The van der Waals surface area contributed by atoms with Crippen LogP contribution in [0.5, 0.6) is 0 Å². The molecule has 17 heavy (non-hydrogen) atoms. The molecule has 0 saturated heterocycles. The molecule has 0 atom stereocenters. The molecule has 90 valence electrons. The highest BCUT2D eigenvalue weighted by Crippen LogP contribution is 2.36. The molecule has 0 aromatic carbocycles. The van der Waals surface area contributed by atoms with Crippen LogP contribution >= 0.6 is 22.7 Å². The fourth-order valence-electron chi connectivity index (χ4n) is 1.71. The number of hydrogen-bond donors (Lipinski definition) is 0. The lowest BCUT2D eigenvalue weighted by molar-refractivity contribution is 0.112. The van der Waals surface area contributed by atoms with Crippen LogP contribution in [-0.4, -0.2) is 19.4 Å². The van der Waals surface area contributed by atoms with Crippen molar-refractivity contribution in [2.75, 3.05) is 18.0 Å². The Morgan fingerprint density at radius 1 is 1.06 bits per heavy atom. The predicted octanol–water partition coefficient (Wildman–Crippen LogP) is 4.14. The Hall–Kier alpha value is -1.13. The van der Waals surface area contributed by atoms with Gasteiger partial charge in [-0.15, -0.1) is 22.7 Å². The molecule has 0 amide bonds. The zero-order valence-corrected chi connectivity index (χ0v) is 11.6. The highest BCUT2D eigenvalue weighted by molar-refractivity contribution is 7.24. The van der Waals surface area contributed by atoms with Gasteiger partial charge in [-0.2, -0.15) is 0 Å². The second kappa shape index (κ2) is 5.47. The number of nitrogens with zero attached hydrogens (tertiary/aromatic N) is 1. The number of thiophene rings is 2. The van der Waals surface area contributed by atoms with Gasteiger partial charge in [0, 0.05) is 22.8 Å². The summed E-state index contributed by atoms with van der Waals surface area (Å²) >= 11 is 3.34. The first kappa shape index (κ1) is 12.3. The van der Waals surface area contributed by atoms with E-state index in [0.29, 0.717) is 0 Å². The van der Waals surface area contributed by atoms with Crippen LogP contribution in [0.25, 0.3) is 9.75 Å². The summed E-state index contributed by atoms with van der Waals surface area (Å²) in [5.74, 6) is 0. The first-order valence-corrected chi connectivity index (χ1v) is 7.32. The van der Waals surface area contributed by atoms with E-state index < -0.39 is 0 Å². The van der Waals surface area contributed by atoms with Crippen LogP contribution in [0.1, 0.15) is 23.5 Å². The third kappa shape index (κ3) is 2.58. The maximum absolute atomic E-state index is 10.7. The van der Waals surface area contributed by atoms with Crippen molar-refractivity contribution in [3.63, 3.8) is 0 Å². The fourth-order valence-corrected chi connectivity index (χ4v) is 3.76. The quantitative estimate of drug-likeness (QED) is 0.757. The molecule has 4 heteroatoms. The van der Waals surface area contributed by atoms with Gasteiger partial charge in [-0.3, -0.25) is 4.79 Å². The van der Waals surface area contributed by atoms with Gasteiger partial charge < -0.3 is 4.90 Å². The Labute approximate surface area is 110 Å². The molecule has 2 aromatic rings. The number of anilines is 1. The Morgan fingerprint density at radius 2 is 1.71 bits per heavy atom. The fraction of sp³-hybridized carbons (Fsp3) is 0.308. The summed E-state index contributed by atoms with van der Waals surface area (Å²) in [7, 11) is 0. The molecule has 0 aliphatic carbocycles. The van der Waals surface area contributed by atoms with Crippen molar-refractivity contribution in [1.29, 1.82) is 0 Å². The number of carbonyl (C=O) groups excluding carboxylic acids is 1. The Morgan fingerprint density at radius 3 is 2.29 bits per heavy atom. The second-order valence-electron chi connectivity index (χ2n) is 3.63. The molecule has 2 aromatic heterocycles. The topological polar surface area (TPSA) is 20.3 Å². The van der Waals surface area contributed by atoms with Gasteiger partial charge in [0.1, 0.15) is 0 Å². The van der Waals surface area contributed by atoms with Crippen LogP contribution < -0.4 is 4.90 Å². The van der Waals surface area contributed by atoms with E-state index in [4.69, 9.17) is 0 Å². The van der Waals surface area contributed by atoms with Gasteiger partial charge in [0.2, 0.25) is 0 Å². The Bertz CT molecular complexity index is 497. The van der Waals surface area contributed by atoms with Crippen molar-refractivity contribution < 1.29 is 4.79 Å². The van der Waals surface area contributed by atoms with Gasteiger partial charge in [-0.25, -0.2) is 0 Å². The van der Waals surface area contributed by atoms with Gasteiger partial charge in [0.25, 0.3) is 0 Å². The van der Waals surface area contributed by atoms with Crippen molar-refractivity contribution >= 4 is 34.0 Å². The van der Waals surface area contributed by atoms with E-state index in [9.17, 15) is 4.79 Å². The average Bonchev–Trinajstić information content (AvgIpc) is 2.98. The monoisotopic (exact) mass is 265 g/mol. The van der Waals surface area contributed by atoms with Crippen LogP contribution in [0, 0.1) is 0 Å². The first-order valence-electron chi connectivity index (χ1n) is 5.68. The maximum atomic E-state index is 10.7. The molecular weight excluding hydrogens is 250 g/mol. The summed E-state index contributed by atoms with van der Waals surface area (Å²) in [4.78, 5) is 16.2. The van der Waals surface area contributed by atoms with Crippen LogP contribution in [0.3, 0.4) is 0 Å². The molecule has 2 rings (SSSR count). The zero-order valence-electron chi connectivity index (χ0n) is 9.97. The van der Waals surface area contributed by atoms with Crippen molar-refractivity contribution in [2.45, 2.75) is 13.8 Å². The molecular formula is C13H15NOS2. The molecule has 2 heterocycles.